The number of nitrogens with two attached hydrogens (primary N) is 1. The van der Waals surface area contributed by atoms with Crippen LogP contribution in [0, 0.1) is 0 Å². The molecule has 0 heterocycles. The highest BCUT2D eigenvalue weighted by molar-refractivity contribution is 5.97. The van der Waals surface area contributed by atoms with Crippen LogP contribution in [0.1, 0.15) is 51.7 Å². The molecule has 0 radical (unpaired) electrons. The Bertz CT molecular complexity index is 1010. The number of nitrogen functional groups attached to an aromatic ring is 1. The number of nitrogens with zero attached hydrogens (tertiary/aromatic N) is 1. The molecule has 27 heavy (non-hydrogen) atoms. The van der Waals surface area contributed by atoms with Crippen molar-refractivity contribution in [2.24, 2.45) is 0 Å². The summed E-state index contributed by atoms with van der Waals surface area (Å²) in [6, 6.07) is 19.6. The van der Waals surface area contributed by atoms with Gasteiger partial charge in [0, 0.05) is 18.1 Å². The molecule has 0 saturated heterocycles. The zero-order valence-electron chi connectivity index (χ0n) is 17.1. The highest BCUT2D eigenvalue weighted by atomic mass is 15.1. The number of hydrogen-bond acceptors (Lipinski definition) is 2. The van der Waals surface area contributed by atoms with Gasteiger partial charge in [0.1, 0.15) is 0 Å². The van der Waals surface area contributed by atoms with Crippen LogP contribution >= 0.6 is 0 Å². The van der Waals surface area contributed by atoms with E-state index in [1.54, 1.807) is 0 Å². The zero-order valence-corrected chi connectivity index (χ0v) is 17.1. The Morgan fingerprint density at radius 1 is 0.778 bits per heavy atom. The van der Waals surface area contributed by atoms with Crippen molar-refractivity contribution in [1.82, 2.24) is 0 Å². The number of anilines is 3. The van der Waals surface area contributed by atoms with Gasteiger partial charge in [0.25, 0.3) is 0 Å². The molecule has 1 aliphatic rings. The molecule has 0 fully saturated rings. The first kappa shape index (κ1) is 17.9. The van der Waals surface area contributed by atoms with Crippen molar-refractivity contribution in [3.63, 3.8) is 0 Å². The van der Waals surface area contributed by atoms with E-state index in [0.29, 0.717) is 0 Å². The van der Waals surface area contributed by atoms with Gasteiger partial charge in [0.2, 0.25) is 0 Å². The summed E-state index contributed by atoms with van der Waals surface area (Å²) in [6.45, 7) is 9.40. The third-order valence-corrected chi connectivity index (χ3v) is 6.49. The van der Waals surface area contributed by atoms with Crippen LogP contribution in [0.2, 0.25) is 0 Å². The molecule has 0 atom stereocenters. The summed E-state index contributed by atoms with van der Waals surface area (Å²) in [5.41, 5.74) is 12.9. The van der Waals surface area contributed by atoms with Gasteiger partial charge >= 0.3 is 0 Å². The van der Waals surface area contributed by atoms with Crippen LogP contribution in [0.15, 0.2) is 54.6 Å². The summed E-state index contributed by atoms with van der Waals surface area (Å²) < 4.78 is 0. The van der Waals surface area contributed by atoms with Gasteiger partial charge in [0.05, 0.1) is 11.4 Å². The zero-order chi connectivity index (χ0) is 19.4. The average Bonchev–Trinajstić information content (AvgIpc) is 2.64. The van der Waals surface area contributed by atoms with Crippen molar-refractivity contribution >= 4 is 27.8 Å². The molecule has 2 nitrogen and oxygen atoms in total. The monoisotopic (exact) mass is 358 g/mol. The molecule has 0 unspecified atom stereocenters. The van der Waals surface area contributed by atoms with Crippen molar-refractivity contribution in [3.05, 3.63) is 65.7 Å². The molecule has 2 N–H and O–H groups in total. The predicted molar refractivity (Wildman–Crippen MR) is 118 cm³/mol. The Kier molecular flexibility index (Phi) is 3.99. The van der Waals surface area contributed by atoms with Crippen LogP contribution in [0.3, 0.4) is 0 Å². The maximum absolute atomic E-state index is 6.59. The molecule has 0 aromatic heterocycles. The van der Waals surface area contributed by atoms with E-state index in [-0.39, 0.29) is 10.8 Å². The van der Waals surface area contributed by atoms with Gasteiger partial charge < -0.3 is 10.6 Å². The van der Waals surface area contributed by atoms with Crippen LogP contribution in [-0.2, 0) is 10.8 Å². The van der Waals surface area contributed by atoms with Gasteiger partial charge in [-0.25, -0.2) is 0 Å². The number of rotatable bonds is 2. The van der Waals surface area contributed by atoms with E-state index in [1.807, 2.05) is 0 Å². The predicted octanol–water partition coefficient (Wildman–Crippen LogP) is 6.54. The summed E-state index contributed by atoms with van der Waals surface area (Å²) in [5, 5.41) is 2.50. The minimum atomic E-state index is 0.174. The summed E-state index contributed by atoms with van der Waals surface area (Å²) in [7, 11) is 2.13. The van der Waals surface area contributed by atoms with E-state index < -0.39 is 0 Å². The highest BCUT2D eigenvalue weighted by Gasteiger charge is 2.37. The lowest BCUT2D eigenvalue weighted by Gasteiger charge is -2.42. The standard InChI is InChI=1S/C25H30N2/c1-24(2)13-14-25(3,4)20-16-23(21(26)15-19(20)24)27(5)22-12-8-10-17-9-6-7-11-18(17)22/h6-12,15-16H,13-14,26H2,1-5H3. The van der Waals surface area contributed by atoms with E-state index in [4.69, 9.17) is 5.73 Å². The maximum Gasteiger partial charge on any atom is 0.0645 e. The van der Waals surface area contributed by atoms with E-state index in [0.717, 1.165) is 11.4 Å². The summed E-state index contributed by atoms with van der Waals surface area (Å²) in [6.07, 6.45) is 2.40. The molecular weight excluding hydrogens is 328 g/mol. The smallest absolute Gasteiger partial charge is 0.0645 e. The van der Waals surface area contributed by atoms with Gasteiger partial charge in [0.15, 0.2) is 0 Å². The van der Waals surface area contributed by atoms with E-state index >= 15 is 0 Å². The topological polar surface area (TPSA) is 29.3 Å². The lowest BCUT2D eigenvalue weighted by molar-refractivity contribution is 0.332. The fraction of sp³-hybridized carbons (Fsp3) is 0.360. The summed E-state index contributed by atoms with van der Waals surface area (Å²) >= 11 is 0. The number of hydrogen-bond donors (Lipinski definition) is 1. The quantitative estimate of drug-likeness (QED) is 0.527. The average molecular weight is 359 g/mol. The van der Waals surface area contributed by atoms with Crippen LogP contribution in [0.5, 0.6) is 0 Å². The number of fused-ring (bicyclic) bond motifs is 2. The lowest BCUT2D eigenvalue weighted by atomic mass is 9.63. The van der Waals surface area contributed by atoms with Crippen molar-refractivity contribution in [3.8, 4) is 0 Å². The highest BCUT2D eigenvalue weighted by Crippen LogP contribution is 2.49. The van der Waals surface area contributed by atoms with Gasteiger partial charge in [-0.2, -0.15) is 0 Å². The minimum absolute atomic E-state index is 0.174. The molecular formula is C25H30N2. The Hall–Kier alpha value is -2.48. The lowest BCUT2D eigenvalue weighted by Crippen LogP contribution is -2.34. The van der Waals surface area contributed by atoms with E-state index in [2.05, 4.69) is 94.2 Å². The van der Waals surface area contributed by atoms with Crippen molar-refractivity contribution in [2.75, 3.05) is 17.7 Å². The molecule has 4 rings (SSSR count). The Balaban J connectivity index is 1.90. The van der Waals surface area contributed by atoms with Crippen LogP contribution in [0.4, 0.5) is 17.1 Å². The van der Waals surface area contributed by atoms with Crippen molar-refractivity contribution < 1.29 is 0 Å². The van der Waals surface area contributed by atoms with Crippen LogP contribution in [0.25, 0.3) is 10.8 Å². The molecule has 2 heteroatoms. The molecule has 0 saturated carbocycles. The third-order valence-electron chi connectivity index (χ3n) is 6.49. The third kappa shape index (κ3) is 2.88. The fourth-order valence-electron chi connectivity index (χ4n) is 4.54. The van der Waals surface area contributed by atoms with Gasteiger partial charge in [-0.05, 0) is 58.4 Å². The Labute approximate surface area is 163 Å². The molecule has 0 aliphatic heterocycles. The second-order valence-corrected chi connectivity index (χ2v) is 9.28. The molecule has 1 aliphatic carbocycles. The summed E-state index contributed by atoms with van der Waals surface area (Å²) in [5.74, 6) is 0. The maximum atomic E-state index is 6.59. The van der Waals surface area contributed by atoms with Crippen LogP contribution in [-0.4, -0.2) is 7.05 Å². The molecule has 0 amide bonds. The molecule has 140 valence electrons. The normalized spacial score (nSPS) is 17.5. The number of benzene rings is 3. The van der Waals surface area contributed by atoms with Crippen LogP contribution < -0.4 is 10.6 Å². The minimum Gasteiger partial charge on any atom is -0.397 e. The van der Waals surface area contributed by atoms with Gasteiger partial charge in [-0.3, -0.25) is 0 Å². The second kappa shape index (κ2) is 6.02. The molecule has 0 bridgehead atoms. The first-order chi connectivity index (χ1) is 12.7. The SMILES string of the molecule is CN(c1cc2c(cc1N)C(C)(C)CCC2(C)C)c1cccc2ccccc12. The molecule has 3 aromatic rings. The summed E-state index contributed by atoms with van der Waals surface area (Å²) in [4.78, 5) is 2.25. The first-order valence-electron chi connectivity index (χ1n) is 9.87. The van der Waals surface area contributed by atoms with Gasteiger partial charge in [-0.1, -0.05) is 64.1 Å². The van der Waals surface area contributed by atoms with Crippen molar-refractivity contribution in [2.45, 2.75) is 51.4 Å². The first-order valence-corrected chi connectivity index (χ1v) is 9.87. The van der Waals surface area contributed by atoms with Crippen molar-refractivity contribution in [1.29, 1.82) is 0 Å². The van der Waals surface area contributed by atoms with E-state index in [9.17, 15) is 0 Å². The van der Waals surface area contributed by atoms with E-state index in [1.165, 1.54) is 40.4 Å². The Morgan fingerprint density at radius 3 is 2.07 bits per heavy atom. The van der Waals surface area contributed by atoms with Gasteiger partial charge in [-0.15, -0.1) is 0 Å². The largest absolute Gasteiger partial charge is 0.397 e. The molecule has 0 spiro atoms. The Morgan fingerprint density at radius 2 is 1.37 bits per heavy atom. The second-order valence-electron chi connectivity index (χ2n) is 9.28. The fourth-order valence-corrected chi connectivity index (χ4v) is 4.54. The molecule has 3 aromatic carbocycles.